The minimum atomic E-state index is -1.81. The molecule has 4 nitrogen and oxygen atoms in total. The molecular formula is C21H27NO3. The molecule has 0 radical (unpaired) electrons. The summed E-state index contributed by atoms with van der Waals surface area (Å²) >= 11 is 0. The molecule has 0 spiro atoms. The lowest BCUT2D eigenvalue weighted by molar-refractivity contribution is -0.162. The number of likely N-dealkylation sites (N-methyl/N-ethyl adjacent to an activating group) is 1. The highest BCUT2D eigenvalue weighted by Crippen LogP contribution is 2.31. The Labute approximate surface area is 150 Å². The molecule has 0 aliphatic heterocycles. The average molecular weight is 341 g/mol. The van der Waals surface area contributed by atoms with Crippen molar-refractivity contribution in [1.29, 1.82) is 0 Å². The van der Waals surface area contributed by atoms with Crippen molar-refractivity contribution in [3.8, 4) is 0 Å². The van der Waals surface area contributed by atoms with Gasteiger partial charge in [0, 0.05) is 6.54 Å². The molecule has 1 unspecified atom stereocenters. The zero-order valence-electron chi connectivity index (χ0n) is 15.2. The third-order valence-corrected chi connectivity index (χ3v) is 4.46. The number of nitrogens with zero attached hydrogens (tertiary/aromatic N) is 1. The number of aryl methyl sites for hydroxylation is 1. The van der Waals surface area contributed by atoms with Crippen LogP contribution in [0.1, 0.15) is 30.5 Å². The summed E-state index contributed by atoms with van der Waals surface area (Å²) in [6.07, 6.45) is 0. The van der Waals surface area contributed by atoms with Gasteiger partial charge in [-0.1, -0.05) is 74.0 Å². The Balaban J connectivity index is 2.28. The van der Waals surface area contributed by atoms with Gasteiger partial charge >= 0.3 is 5.97 Å². The second-order valence-electron chi connectivity index (χ2n) is 6.11. The van der Waals surface area contributed by atoms with Crippen molar-refractivity contribution in [2.45, 2.75) is 26.4 Å². The maximum Gasteiger partial charge on any atom is 0.347 e. The molecule has 4 heteroatoms. The lowest BCUT2D eigenvalue weighted by Crippen LogP contribution is -2.40. The van der Waals surface area contributed by atoms with E-state index < -0.39 is 11.6 Å². The first-order valence-electron chi connectivity index (χ1n) is 8.77. The SMILES string of the molecule is CCN(CC)CCOC(=O)C(O)(c1ccccc1)c1cccc(C)c1. The minimum absolute atomic E-state index is 0.251. The number of ether oxygens (including phenoxy) is 1. The van der Waals surface area contributed by atoms with E-state index >= 15 is 0 Å². The maximum atomic E-state index is 12.8. The van der Waals surface area contributed by atoms with E-state index in [2.05, 4.69) is 18.7 Å². The van der Waals surface area contributed by atoms with E-state index in [9.17, 15) is 9.90 Å². The lowest BCUT2D eigenvalue weighted by Gasteiger charge is -2.28. The molecule has 0 fully saturated rings. The third-order valence-electron chi connectivity index (χ3n) is 4.46. The van der Waals surface area contributed by atoms with Gasteiger partial charge in [0.15, 0.2) is 0 Å². The summed E-state index contributed by atoms with van der Waals surface area (Å²) in [6, 6.07) is 16.3. The molecule has 2 rings (SSSR count). The number of aliphatic hydroxyl groups is 1. The number of carbonyl (C=O) groups is 1. The third kappa shape index (κ3) is 4.47. The Bertz CT molecular complexity index is 683. The van der Waals surface area contributed by atoms with Crippen LogP contribution in [0.3, 0.4) is 0 Å². The molecule has 1 atom stereocenters. The first-order chi connectivity index (χ1) is 12.0. The molecule has 0 amide bonds. The molecule has 0 saturated carbocycles. The lowest BCUT2D eigenvalue weighted by atomic mass is 9.85. The average Bonchev–Trinajstić information content (AvgIpc) is 2.65. The molecule has 134 valence electrons. The zero-order chi connectivity index (χ0) is 18.3. The maximum absolute atomic E-state index is 12.8. The van der Waals surface area contributed by atoms with Gasteiger partial charge in [-0.05, 0) is 31.1 Å². The molecule has 0 aliphatic rings. The van der Waals surface area contributed by atoms with Crippen molar-refractivity contribution >= 4 is 5.97 Å². The summed E-state index contributed by atoms with van der Waals surface area (Å²) < 4.78 is 5.46. The van der Waals surface area contributed by atoms with Gasteiger partial charge in [-0.15, -0.1) is 0 Å². The molecular weight excluding hydrogens is 314 g/mol. The van der Waals surface area contributed by atoms with Gasteiger partial charge in [0.05, 0.1) is 0 Å². The van der Waals surface area contributed by atoms with Crippen LogP contribution in [0, 0.1) is 6.92 Å². The Morgan fingerprint density at radius 2 is 1.68 bits per heavy atom. The van der Waals surface area contributed by atoms with E-state index in [1.807, 2.05) is 31.2 Å². The van der Waals surface area contributed by atoms with Crippen LogP contribution in [-0.2, 0) is 15.1 Å². The van der Waals surface area contributed by atoms with Gasteiger partial charge in [0.25, 0.3) is 0 Å². The van der Waals surface area contributed by atoms with Gasteiger partial charge in [-0.25, -0.2) is 4.79 Å². The van der Waals surface area contributed by atoms with E-state index in [1.54, 1.807) is 30.3 Å². The molecule has 0 aliphatic carbocycles. The van der Waals surface area contributed by atoms with Crippen LogP contribution < -0.4 is 0 Å². The quantitative estimate of drug-likeness (QED) is 0.750. The van der Waals surface area contributed by atoms with Gasteiger partial charge in [0.1, 0.15) is 6.61 Å². The first-order valence-corrected chi connectivity index (χ1v) is 8.77. The number of carbonyl (C=O) groups excluding carboxylic acids is 1. The van der Waals surface area contributed by atoms with Gasteiger partial charge < -0.3 is 14.7 Å². The largest absolute Gasteiger partial charge is 0.462 e. The van der Waals surface area contributed by atoms with Crippen LogP contribution in [0.2, 0.25) is 0 Å². The summed E-state index contributed by atoms with van der Waals surface area (Å²) in [5.74, 6) is -0.642. The van der Waals surface area contributed by atoms with Gasteiger partial charge in [0.2, 0.25) is 5.60 Å². The highest BCUT2D eigenvalue weighted by molar-refractivity contribution is 5.85. The van der Waals surface area contributed by atoms with Crippen molar-refractivity contribution in [3.63, 3.8) is 0 Å². The van der Waals surface area contributed by atoms with E-state index in [4.69, 9.17) is 4.74 Å². The molecule has 0 heterocycles. The van der Waals surface area contributed by atoms with Crippen LogP contribution >= 0.6 is 0 Å². The Kier molecular flexibility index (Phi) is 6.73. The second-order valence-corrected chi connectivity index (χ2v) is 6.11. The summed E-state index contributed by atoms with van der Waals surface area (Å²) in [7, 11) is 0. The Morgan fingerprint density at radius 1 is 1.04 bits per heavy atom. The highest BCUT2D eigenvalue weighted by Gasteiger charge is 2.41. The fourth-order valence-corrected chi connectivity index (χ4v) is 2.86. The monoisotopic (exact) mass is 341 g/mol. The zero-order valence-corrected chi connectivity index (χ0v) is 15.2. The molecule has 0 aromatic heterocycles. The van der Waals surface area contributed by atoms with Crippen molar-refractivity contribution in [2.75, 3.05) is 26.2 Å². The topological polar surface area (TPSA) is 49.8 Å². The van der Waals surface area contributed by atoms with Crippen LogP contribution in [0.5, 0.6) is 0 Å². The highest BCUT2D eigenvalue weighted by atomic mass is 16.5. The minimum Gasteiger partial charge on any atom is -0.462 e. The molecule has 25 heavy (non-hydrogen) atoms. The molecule has 0 saturated heterocycles. The standard InChI is InChI=1S/C21H27NO3/c1-4-22(5-2)14-15-25-20(23)21(24,18-11-7-6-8-12-18)19-13-9-10-17(3)16-19/h6-13,16,24H,4-5,14-15H2,1-3H3. The molecule has 0 bridgehead atoms. The Hall–Kier alpha value is -2.17. The summed E-state index contributed by atoms with van der Waals surface area (Å²) in [5.41, 5.74) is 0.194. The van der Waals surface area contributed by atoms with Crippen LogP contribution in [0.4, 0.5) is 0 Å². The number of hydrogen-bond acceptors (Lipinski definition) is 4. The summed E-state index contributed by atoms with van der Waals surface area (Å²) in [5, 5.41) is 11.3. The van der Waals surface area contributed by atoms with Crippen molar-refractivity contribution in [2.24, 2.45) is 0 Å². The van der Waals surface area contributed by atoms with E-state index in [0.717, 1.165) is 18.7 Å². The normalized spacial score (nSPS) is 13.5. The number of rotatable bonds is 8. The fraction of sp³-hybridized carbons (Fsp3) is 0.381. The molecule has 2 aromatic rings. The Morgan fingerprint density at radius 3 is 2.28 bits per heavy atom. The van der Waals surface area contributed by atoms with Crippen LogP contribution in [0.25, 0.3) is 0 Å². The first kappa shape index (κ1) is 19.2. The number of hydrogen-bond donors (Lipinski definition) is 1. The second kappa shape index (κ2) is 8.79. The van der Waals surface area contributed by atoms with Gasteiger partial charge in [-0.2, -0.15) is 0 Å². The van der Waals surface area contributed by atoms with Crippen molar-refractivity contribution < 1.29 is 14.6 Å². The predicted octanol–water partition coefficient (Wildman–Crippen LogP) is 3.12. The molecule has 1 N–H and O–H groups in total. The van der Waals surface area contributed by atoms with Crippen molar-refractivity contribution in [3.05, 3.63) is 71.3 Å². The fourth-order valence-electron chi connectivity index (χ4n) is 2.86. The molecule has 2 aromatic carbocycles. The van der Waals surface area contributed by atoms with Crippen molar-refractivity contribution in [1.82, 2.24) is 4.90 Å². The smallest absolute Gasteiger partial charge is 0.347 e. The number of benzene rings is 2. The summed E-state index contributed by atoms with van der Waals surface area (Å²) in [6.45, 7) is 8.76. The van der Waals surface area contributed by atoms with E-state index in [-0.39, 0.29) is 6.61 Å². The van der Waals surface area contributed by atoms with Crippen LogP contribution in [-0.4, -0.2) is 42.2 Å². The van der Waals surface area contributed by atoms with Gasteiger partial charge in [-0.3, -0.25) is 0 Å². The predicted molar refractivity (Wildman–Crippen MR) is 99.4 cm³/mol. The summed E-state index contributed by atoms with van der Waals surface area (Å²) in [4.78, 5) is 15.0. The van der Waals surface area contributed by atoms with E-state index in [1.165, 1.54) is 0 Å². The van der Waals surface area contributed by atoms with E-state index in [0.29, 0.717) is 17.7 Å². The number of esters is 1. The van der Waals surface area contributed by atoms with Crippen LogP contribution in [0.15, 0.2) is 54.6 Å².